The molecule has 2 rings (SSSR count). The Kier molecular flexibility index (Phi) is 7.36. The summed E-state index contributed by atoms with van der Waals surface area (Å²) in [7, 11) is 3.14. The van der Waals surface area contributed by atoms with E-state index in [-0.39, 0.29) is 5.91 Å². The van der Waals surface area contributed by atoms with Crippen LogP contribution in [0.2, 0.25) is 5.02 Å². The van der Waals surface area contributed by atoms with Gasteiger partial charge >= 0.3 is 0 Å². The minimum absolute atomic E-state index is 0.253. The van der Waals surface area contributed by atoms with Crippen LogP contribution in [-0.2, 0) is 4.79 Å². The standard InChI is InChI=1S/C20H22ClNO4/c1-4-11-26-20-17(21)12-14(13-18(20)25-3)5-10-19(23)22-15-6-8-16(24-2)9-7-15/h5-10,12-13H,4,11H2,1-3H3,(H,22,23)/b10-5+. The topological polar surface area (TPSA) is 56.8 Å². The molecule has 5 nitrogen and oxygen atoms in total. The Bertz CT molecular complexity index is 772. The third-order valence-electron chi connectivity index (χ3n) is 3.49. The van der Waals surface area contributed by atoms with Gasteiger partial charge in [-0.1, -0.05) is 18.5 Å². The van der Waals surface area contributed by atoms with Crippen LogP contribution in [0.1, 0.15) is 18.9 Å². The molecule has 0 bridgehead atoms. The van der Waals surface area contributed by atoms with Gasteiger partial charge in [0, 0.05) is 11.8 Å². The van der Waals surface area contributed by atoms with E-state index in [2.05, 4.69) is 5.32 Å². The van der Waals surface area contributed by atoms with Crippen molar-refractivity contribution >= 4 is 29.3 Å². The largest absolute Gasteiger partial charge is 0.497 e. The Morgan fingerprint density at radius 2 is 1.88 bits per heavy atom. The minimum atomic E-state index is -0.253. The van der Waals surface area contributed by atoms with Gasteiger partial charge in [0.05, 0.1) is 25.8 Å². The summed E-state index contributed by atoms with van der Waals surface area (Å²) < 4.78 is 16.0. The lowest BCUT2D eigenvalue weighted by Crippen LogP contribution is -2.07. The van der Waals surface area contributed by atoms with Crippen LogP contribution in [0, 0.1) is 0 Å². The van der Waals surface area contributed by atoms with Crippen LogP contribution >= 0.6 is 11.6 Å². The van der Waals surface area contributed by atoms with Crippen LogP contribution in [0.25, 0.3) is 6.08 Å². The first kappa shape index (κ1) is 19.7. The molecule has 1 amide bonds. The van der Waals surface area contributed by atoms with Gasteiger partial charge in [-0.2, -0.15) is 0 Å². The predicted molar refractivity (Wildman–Crippen MR) is 104 cm³/mol. The highest BCUT2D eigenvalue weighted by Gasteiger charge is 2.11. The fourth-order valence-corrected chi connectivity index (χ4v) is 2.48. The van der Waals surface area contributed by atoms with Crippen molar-refractivity contribution in [3.05, 3.63) is 53.1 Å². The van der Waals surface area contributed by atoms with Crippen LogP contribution in [0.5, 0.6) is 17.2 Å². The molecular weight excluding hydrogens is 354 g/mol. The molecule has 0 unspecified atom stereocenters. The van der Waals surface area contributed by atoms with Crippen molar-refractivity contribution in [1.82, 2.24) is 0 Å². The summed E-state index contributed by atoms with van der Waals surface area (Å²) in [5.41, 5.74) is 1.42. The lowest BCUT2D eigenvalue weighted by atomic mass is 10.2. The van der Waals surface area contributed by atoms with Gasteiger partial charge in [0.2, 0.25) is 5.91 Å². The van der Waals surface area contributed by atoms with Crippen LogP contribution in [0.4, 0.5) is 5.69 Å². The lowest BCUT2D eigenvalue weighted by molar-refractivity contribution is -0.111. The van der Waals surface area contributed by atoms with E-state index < -0.39 is 0 Å². The molecule has 0 aliphatic carbocycles. The zero-order chi connectivity index (χ0) is 18.9. The van der Waals surface area contributed by atoms with E-state index in [1.165, 1.54) is 6.08 Å². The van der Waals surface area contributed by atoms with Gasteiger partial charge in [-0.3, -0.25) is 4.79 Å². The number of carbonyl (C=O) groups is 1. The molecule has 0 spiro atoms. The molecule has 0 aromatic heterocycles. The maximum absolute atomic E-state index is 12.1. The van der Waals surface area contributed by atoms with Crippen molar-refractivity contribution in [2.75, 3.05) is 26.1 Å². The first-order chi connectivity index (χ1) is 12.6. The van der Waals surface area contributed by atoms with Gasteiger partial charge in [0.25, 0.3) is 0 Å². The number of hydrogen-bond acceptors (Lipinski definition) is 4. The van der Waals surface area contributed by atoms with Gasteiger partial charge in [-0.15, -0.1) is 0 Å². The van der Waals surface area contributed by atoms with E-state index in [0.717, 1.165) is 17.7 Å². The Labute approximate surface area is 158 Å². The Morgan fingerprint density at radius 3 is 2.50 bits per heavy atom. The fraction of sp³-hybridized carbons (Fsp3) is 0.250. The van der Waals surface area contributed by atoms with Crippen molar-refractivity contribution in [3.8, 4) is 17.2 Å². The van der Waals surface area contributed by atoms with Gasteiger partial charge < -0.3 is 19.5 Å². The molecule has 0 aliphatic rings. The summed E-state index contributed by atoms with van der Waals surface area (Å²) in [6.07, 6.45) is 3.96. The molecule has 0 heterocycles. The highest BCUT2D eigenvalue weighted by Crippen LogP contribution is 2.36. The number of ether oxygens (including phenoxy) is 3. The van der Waals surface area contributed by atoms with Crippen LogP contribution in [0.3, 0.4) is 0 Å². The number of halogens is 1. The number of rotatable bonds is 8. The molecule has 2 aromatic carbocycles. The fourth-order valence-electron chi connectivity index (χ4n) is 2.21. The summed E-state index contributed by atoms with van der Waals surface area (Å²) in [4.78, 5) is 12.1. The Hall–Kier alpha value is -2.66. The van der Waals surface area contributed by atoms with E-state index in [4.69, 9.17) is 25.8 Å². The molecule has 0 saturated carbocycles. The molecular formula is C20H22ClNO4. The van der Waals surface area contributed by atoms with E-state index in [1.807, 2.05) is 6.92 Å². The molecule has 1 N–H and O–H groups in total. The van der Waals surface area contributed by atoms with Crippen LogP contribution in [-0.4, -0.2) is 26.7 Å². The first-order valence-electron chi connectivity index (χ1n) is 8.20. The summed E-state index contributed by atoms with van der Waals surface area (Å²) in [6, 6.07) is 10.6. The highest BCUT2D eigenvalue weighted by molar-refractivity contribution is 6.32. The van der Waals surface area contributed by atoms with E-state index >= 15 is 0 Å². The molecule has 0 saturated heterocycles. The normalized spacial score (nSPS) is 10.6. The monoisotopic (exact) mass is 375 g/mol. The average molecular weight is 376 g/mol. The Morgan fingerprint density at radius 1 is 1.15 bits per heavy atom. The maximum Gasteiger partial charge on any atom is 0.248 e. The number of benzene rings is 2. The first-order valence-corrected chi connectivity index (χ1v) is 8.58. The van der Waals surface area contributed by atoms with Crippen molar-refractivity contribution in [2.45, 2.75) is 13.3 Å². The quantitative estimate of drug-likeness (QED) is 0.673. The van der Waals surface area contributed by atoms with E-state index in [9.17, 15) is 4.79 Å². The zero-order valence-corrected chi connectivity index (χ0v) is 15.8. The molecule has 0 radical (unpaired) electrons. The van der Waals surface area contributed by atoms with Crippen molar-refractivity contribution in [3.63, 3.8) is 0 Å². The maximum atomic E-state index is 12.1. The number of hydrogen-bond donors (Lipinski definition) is 1. The number of carbonyl (C=O) groups excluding carboxylic acids is 1. The molecule has 138 valence electrons. The summed E-state index contributed by atoms with van der Waals surface area (Å²) in [5.74, 6) is 1.51. The third kappa shape index (κ3) is 5.43. The molecule has 0 aliphatic heterocycles. The number of methoxy groups -OCH3 is 2. The lowest BCUT2D eigenvalue weighted by Gasteiger charge is -2.12. The average Bonchev–Trinajstić information content (AvgIpc) is 2.65. The molecule has 0 atom stereocenters. The smallest absolute Gasteiger partial charge is 0.248 e. The van der Waals surface area contributed by atoms with Crippen LogP contribution < -0.4 is 19.5 Å². The van der Waals surface area contributed by atoms with Crippen molar-refractivity contribution in [2.24, 2.45) is 0 Å². The van der Waals surface area contributed by atoms with Gasteiger partial charge in [0.1, 0.15) is 5.75 Å². The minimum Gasteiger partial charge on any atom is -0.497 e. The molecule has 0 fully saturated rings. The second-order valence-corrected chi connectivity index (χ2v) is 5.84. The second-order valence-electron chi connectivity index (χ2n) is 5.43. The third-order valence-corrected chi connectivity index (χ3v) is 3.77. The van der Waals surface area contributed by atoms with Gasteiger partial charge in [-0.25, -0.2) is 0 Å². The molecule has 6 heteroatoms. The molecule has 26 heavy (non-hydrogen) atoms. The van der Waals surface area contributed by atoms with Crippen LogP contribution in [0.15, 0.2) is 42.5 Å². The number of nitrogens with one attached hydrogen (secondary N) is 1. The van der Waals surface area contributed by atoms with Crippen molar-refractivity contribution in [1.29, 1.82) is 0 Å². The molecule has 2 aromatic rings. The number of amides is 1. The SMILES string of the molecule is CCCOc1c(Cl)cc(/C=C/C(=O)Nc2ccc(OC)cc2)cc1OC. The second kappa shape index (κ2) is 9.73. The predicted octanol–water partition coefficient (Wildman–Crippen LogP) is 4.80. The summed E-state index contributed by atoms with van der Waals surface area (Å²) >= 11 is 6.27. The number of anilines is 1. The zero-order valence-electron chi connectivity index (χ0n) is 15.0. The van der Waals surface area contributed by atoms with Crippen molar-refractivity contribution < 1.29 is 19.0 Å². The van der Waals surface area contributed by atoms with E-state index in [1.54, 1.807) is 56.7 Å². The van der Waals surface area contributed by atoms with E-state index in [0.29, 0.717) is 28.8 Å². The summed E-state index contributed by atoms with van der Waals surface area (Å²) in [5, 5.41) is 3.21. The highest BCUT2D eigenvalue weighted by atomic mass is 35.5. The van der Waals surface area contributed by atoms with Gasteiger partial charge in [0.15, 0.2) is 11.5 Å². The summed E-state index contributed by atoms with van der Waals surface area (Å²) in [6.45, 7) is 2.56. The van der Waals surface area contributed by atoms with Gasteiger partial charge in [-0.05, 0) is 54.5 Å². The Balaban J connectivity index is 2.08.